The summed E-state index contributed by atoms with van der Waals surface area (Å²) in [5, 5.41) is 12.1. The molecule has 0 spiro atoms. The minimum Gasteiger partial charge on any atom is -0.481 e. The molecule has 1 heterocycles. The van der Waals surface area contributed by atoms with Crippen molar-refractivity contribution in [1.29, 1.82) is 0 Å². The number of ether oxygens (including phenoxy) is 1. The van der Waals surface area contributed by atoms with E-state index in [1.807, 2.05) is 13.8 Å². The summed E-state index contributed by atoms with van der Waals surface area (Å²) in [5.74, 6) is 1.19. The molecule has 0 saturated carbocycles. The number of hydrogen-bond donors (Lipinski definition) is 2. The van der Waals surface area contributed by atoms with Crippen molar-refractivity contribution in [3.8, 4) is 5.88 Å². The molecule has 84 valence electrons. The van der Waals surface area contributed by atoms with Gasteiger partial charge in [-0.3, -0.25) is 0 Å². The van der Waals surface area contributed by atoms with Crippen molar-refractivity contribution in [3.63, 3.8) is 0 Å². The Morgan fingerprint density at radius 2 is 2.27 bits per heavy atom. The molecule has 0 aromatic carbocycles. The summed E-state index contributed by atoms with van der Waals surface area (Å²) >= 11 is 0. The van der Waals surface area contributed by atoms with E-state index in [1.54, 1.807) is 19.4 Å². The van der Waals surface area contributed by atoms with E-state index in [-0.39, 0.29) is 18.6 Å². The minimum atomic E-state index is 0.113. The van der Waals surface area contributed by atoms with Crippen molar-refractivity contribution < 1.29 is 9.84 Å². The molecule has 0 aliphatic carbocycles. The average Bonchev–Trinajstić information content (AvgIpc) is 2.28. The molecule has 0 radical (unpaired) electrons. The van der Waals surface area contributed by atoms with Gasteiger partial charge in [-0.1, -0.05) is 6.92 Å². The van der Waals surface area contributed by atoms with Crippen LogP contribution in [0.25, 0.3) is 0 Å². The molecule has 0 bridgehead atoms. The van der Waals surface area contributed by atoms with Gasteiger partial charge in [0.05, 0.1) is 7.11 Å². The highest BCUT2D eigenvalue weighted by Crippen LogP contribution is 2.11. The molecule has 5 nitrogen and oxygen atoms in total. The number of hydrogen-bond acceptors (Lipinski definition) is 5. The smallest absolute Gasteiger partial charge is 0.226 e. The van der Waals surface area contributed by atoms with E-state index in [0.717, 1.165) is 0 Å². The number of nitrogens with one attached hydrogen (secondary N) is 1. The highest BCUT2D eigenvalue weighted by atomic mass is 16.5. The average molecular weight is 211 g/mol. The lowest BCUT2D eigenvalue weighted by Crippen LogP contribution is -2.27. The van der Waals surface area contributed by atoms with Gasteiger partial charge in [0.1, 0.15) is 0 Å². The lowest BCUT2D eigenvalue weighted by Gasteiger charge is -2.19. The summed E-state index contributed by atoms with van der Waals surface area (Å²) in [5.41, 5.74) is 0. The molecule has 2 N–H and O–H groups in total. The van der Waals surface area contributed by atoms with Crippen LogP contribution in [0.4, 0.5) is 5.95 Å². The van der Waals surface area contributed by atoms with Crippen molar-refractivity contribution in [2.24, 2.45) is 5.92 Å². The molecule has 5 heteroatoms. The van der Waals surface area contributed by atoms with Crippen LogP contribution in [-0.4, -0.2) is 34.8 Å². The highest BCUT2D eigenvalue weighted by molar-refractivity contribution is 5.28. The van der Waals surface area contributed by atoms with Crippen molar-refractivity contribution in [1.82, 2.24) is 9.97 Å². The summed E-state index contributed by atoms with van der Waals surface area (Å²) in [6, 6.07) is 1.80. The van der Waals surface area contributed by atoms with Gasteiger partial charge in [0.2, 0.25) is 11.8 Å². The van der Waals surface area contributed by atoms with Crippen LogP contribution in [0.3, 0.4) is 0 Å². The quantitative estimate of drug-likeness (QED) is 0.758. The second-order valence-corrected chi connectivity index (χ2v) is 3.52. The van der Waals surface area contributed by atoms with Crippen molar-refractivity contribution in [2.75, 3.05) is 19.0 Å². The maximum Gasteiger partial charge on any atom is 0.226 e. The SMILES string of the molecule is COc1ccnc(NC(C)C(C)CO)n1. The van der Waals surface area contributed by atoms with Crippen LogP contribution in [0.2, 0.25) is 0 Å². The van der Waals surface area contributed by atoms with Gasteiger partial charge in [-0.15, -0.1) is 0 Å². The molecule has 15 heavy (non-hydrogen) atoms. The lowest BCUT2D eigenvalue weighted by atomic mass is 10.1. The van der Waals surface area contributed by atoms with Gasteiger partial charge in [0.25, 0.3) is 0 Å². The molecule has 0 fully saturated rings. The predicted octanol–water partition coefficient (Wildman–Crippen LogP) is 0.914. The number of aromatic nitrogens is 2. The van der Waals surface area contributed by atoms with Gasteiger partial charge in [0.15, 0.2) is 0 Å². The third kappa shape index (κ3) is 3.36. The first-order valence-corrected chi connectivity index (χ1v) is 4.91. The fourth-order valence-corrected chi connectivity index (χ4v) is 1.03. The Balaban J connectivity index is 2.63. The van der Waals surface area contributed by atoms with E-state index in [1.165, 1.54) is 0 Å². The van der Waals surface area contributed by atoms with Gasteiger partial charge in [-0.25, -0.2) is 4.98 Å². The Labute approximate surface area is 89.5 Å². The van der Waals surface area contributed by atoms with Crippen LogP contribution in [-0.2, 0) is 0 Å². The van der Waals surface area contributed by atoms with Gasteiger partial charge in [-0.05, 0) is 12.8 Å². The molecule has 1 rings (SSSR count). The van der Waals surface area contributed by atoms with Crippen LogP contribution in [0.15, 0.2) is 12.3 Å². The Kier molecular flexibility index (Phi) is 4.30. The van der Waals surface area contributed by atoms with Gasteiger partial charge < -0.3 is 15.2 Å². The van der Waals surface area contributed by atoms with Gasteiger partial charge >= 0.3 is 0 Å². The monoisotopic (exact) mass is 211 g/mol. The molecule has 2 atom stereocenters. The number of methoxy groups -OCH3 is 1. The van der Waals surface area contributed by atoms with E-state index in [9.17, 15) is 0 Å². The third-order valence-electron chi connectivity index (χ3n) is 2.34. The Morgan fingerprint density at radius 3 is 2.87 bits per heavy atom. The van der Waals surface area contributed by atoms with E-state index in [4.69, 9.17) is 9.84 Å². The number of rotatable bonds is 5. The maximum absolute atomic E-state index is 8.98. The van der Waals surface area contributed by atoms with Crippen LogP contribution in [0.1, 0.15) is 13.8 Å². The standard InChI is InChI=1S/C10H17N3O2/c1-7(6-14)8(2)12-10-11-5-4-9(13-10)15-3/h4-5,7-8,14H,6H2,1-3H3,(H,11,12,13). The number of aliphatic hydroxyl groups excluding tert-OH is 1. The fourth-order valence-electron chi connectivity index (χ4n) is 1.03. The predicted molar refractivity (Wildman–Crippen MR) is 57.9 cm³/mol. The van der Waals surface area contributed by atoms with Crippen LogP contribution >= 0.6 is 0 Å². The topological polar surface area (TPSA) is 67.3 Å². The lowest BCUT2D eigenvalue weighted by molar-refractivity contribution is 0.226. The van der Waals surface area contributed by atoms with Crippen LogP contribution < -0.4 is 10.1 Å². The van der Waals surface area contributed by atoms with E-state index in [0.29, 0.717) is 11.8 Å². The van der Waals surface area contributed by atoms with Crippen molar-refractivity contribution in [2.45, 2.75) is 19.9 Å². The molecule has 0 aliphatic heterocycles. The summed E-state index contributed by atoms with van der Waals surface area (Å²) < 4.78 is 4.98. The first kappa shape index (κ1) is 11.7. The first-order valence-electron chi connectivity index (χ1n) is 4.91. The van der Waals surface area contributed by atoms with Crippen molar-refractivity contribution in [3.05, 3.63) is 12.3 Å². The van der Waals surface area contributed by atoms with E-state index >= 15 is 0 Å². The molecule has 2 unspecified atom stereocenters. The zero-order valence-corrected chi connectivity index (χ0v) is 9.27. The Hall–Kier alpha value is -1.36. The highest BCUT2D eigenvalue weighted by Gasteiger charge is 2.11. The summed E-state index contributed by atoms with van der Waals surface area (Å²) in [6.45, 7) is 4.07. The molecular formula is C10H17N3O2. The van der Waals surface area contributed by atoms with E-state index in [2.05, 4.69) is 15.3 Å². The van der Waals surface area contributed by atoms with E-state index < -0.39 is 0 Å². The number of nitrogens with zero attached hydrogens (tertiary/aromatic N) is 2. The number of aliphatic hydroxyl groups is 1. The maximum atomic E-state index is 8.98. The Morgan fingerprint density at radius 1 is 1.53 bits per heavy atom. The molecule has 0 amide bonds. The molecule has 1 aromatic rings. The van der Waals surface area contributed by atoms with Crippen LogP contribution in [0.5, 0.6) is 5.88 Å². The van der Waals surface area contributed by atoms with Crippen LogP contribution in [0, 0.1) is 5.92 Å². The summed E-state index contributed by atoms with van der Waals surface area (Å²) in [6.07, 6.45) is 1.63. The zero-order chi connectivity index (χ0) is 11.3. The second kappa shape index (κ2) is 5.50. The molecule has 1 aromatic heterocycles. The molecular weight excluding hydrogens is 194 g/mol. The summed E-state index contributed by atoms with van der Waals surface area (Å²) in [7, 11) is 1.56. The first-order chi connectivity index (χ1) is 7.17. The van der Waals surface area contributed by atoms with Crippen molar-refractivity contribution >= 4 is 5.95 Å². The fraction of sp³-hybridized carbons (Fsp3) is 0.600. The summed E-state index contributed by atoms with van der Waals surface area (Å²) in [4.78, 5) is 8.18. The second-order valence-electron chi connectivity index (χ2n) is 3.52. The zero-order valence-electron chi connectivity index (χ0n) is 9.27. The van der Waals surface area contributed by atoms with Gasteiger partial charge in [-0.2, -0.15) is 4.98 Å². The normalized spacial score (nSPS) is 14.4. The minimum absolute atomic E-state index is 0.113. The Bertz CT molecular complexity index is 306. The third-order valence-corrected chi connectivity index (χ3v) is 2.34. The molecule has 0 saturated heterocycles. The molecule has 0 aliphatic rings. The number of anilines is 1. The van der Waals surface area contributed by atoms with Gasteiger partial charge in [0, 0.05) is 24.9 Å². The largest absolute Gasteiger partial charge is 0.481 e.